The molecule has 0 unspecified atom stereocenters. The minimum Gasteiger partial charge on any atom is -0.491 e. The fourth-order valence-electron chi connectivity index (χ4n) is 1.86. The topological polar surface area (TPSA) is 38.3 Å². The van der Waals surface area contributed by atoms with Crippen molar-refractivity contribution in [1.82, 2.24) is 0 Å². The molecule has 2 aromatic carbocycles. The van der Waals surface area contributed by atoms with E-state index < -0.39 is 0 Å². The molecule has 0 saturated carbocycles. The SMILES string of the molecule is CC(C)Oc1ccc(NC(=O)/C=C/c2cccc(Cl)c2)cc1. The molecule has 0 fully saturated rings. The molecule has 0 spiro atoms. The Morgan fingerprint density at radius 3 is 2.55 bits per heavy atom. The van der Waals surface area contributed by atoms with Crippen LogP contribution in [0, 0.1) is 0 Å². The lowest BCUT2D eigenvalue weighted by molar-refractivity contribution is -0.111. The largest absolute Gasteiger partial charge is 0.491 e. The van der Waals surface area contributed by atoms with Crippen LogP contribution in [-0.2, 0) is 4.79 Å². The van der Waals surface area contributed by atoms with Crippen molar-refractivity contribution in [3.8, 4) is 5.75 Å². The first-order valence-corrected chi connectivity index (χ1v) is 7.42. The summed E-state index contributed by atoms with van der Waals surface area (Å²) in [6.07, 6.45) is 3.32. The number of nitrogens with one attached hydrogen (secondary N) is 1. The number of ether oxygens (including phenoxy) is 1. The zero-order valence-electron chi connectivity index (χ0n) is 12.5. The average Bonchev–Trinajstić information content (AvgIpc) is 2.47. The van der Waals surface area contributed by atoms with E-state index in [0.29, 0.717) is 5.02 Å². The Balaban J connectivity index is 1.94. The molecule has 0 bridgehead atoms. The van der Waals surface area contributed by atoms with Gasteiger partial charge in [0.15, 0.2) is 0 Å². The minimum absolute atomic E-state index is 0.126. The summed E-state index contributed by atoms with van der Waals surface area (Å²) in [4.78, 5) is 11.9. The van der Waals surface area contributed by atoms with Crippen molar-refractivity contribution in [1.29, 1.82) is 0 Å². The molecule has 0 aliphatic heterocycles. The molecular weight excluding hydrogens is 298 g/mol. The summed E-state index contributed by atoms with van der Waals surface area (Å²) in [6.45, 7) is 3.94. The van der Waals surface area contributed by atoms with E-state index in [0.717, 1.165) is 17.0 Å². The highest BCUT2D eigenvalue weighted by Crippen LogP contribution is 2.17. The third kappa shape index (κ3) is 5.26. The number of carbonyl (C=O) groups is 1. The Labute approximate surface area is 135 Å². The van der Waals surface area contributed by atoms with Gasteiger partial charge in [-0.1, -0.05) is 23.7 Å². The van der Waals surface area contributed by atoms with Crippen molar-refractivity contribution in [3.63, 3.8) is 0 Å². The van der Waals surface area contributed by atoms with Gasteiger partial charge in [-0.2, -0.15) is 0 Å². The third-order valence-electron chi connectivity index (χ3n) is 2.77. The first-order chi connectivity index (χ1) is 10.5. The summed E-state index contributed by atoms with van der Waals surface area (Å²) < 4.78 is 5.55. The van der Waals surface area contributed by atoms with Crippen molar-refractivity contribution in [2.45, 2.75) is 20.0 Å². The number of anilines is 1. The van der Waals surface area contributed by atoms with Gasteiger partial charge in [0.25, 0.3) is 0 Å². The van der Waals surface area contributed by atoms with Gasteiger partial charge in [0.2, 0.25) is 5.91 Å². The highest BCUT2D eigenvalue weighted by Gasteiger charge is 2.00. The van der Waals surface area contributed by atoms with Crippen LogP contribution < -0.4 is 10.1 Å². The monoisotopic (exact) mass is 315 g/mol. The van der Waals surface area contributed by atoms with Crippen LogP contribution in [0.25, 0.3) is 6.08 Å². The molecule has 2 aromatic rings. The Morgan fingerprint density at radius 1 is 1.18 bits per heavy atom. The molecule has 0 aromatic heterocycles. The van der Waals surface area contributed by atoms with Crippen molar-refractivity contribution in [2.24, 2.45) is 0 Å². The number of rotatable bonds is 5. The van der Waals surface area contributed by atoms with Crippen LogP contribution in [0.15, 0.2) is 54.6 Å². The maximum Gasteiger partial charge on any atom is 0.248 e. The molecule has 2 rings (SSSR count). The summed E-state index contributed by atoms with van der Waals surface area (Å²) in [5, 5.41) is 3.43. The van der Waals surface area contributed by atoms with Crippen LogP contribution in [0.1, 0.15) is 19.4 Å². The number of benzene rings is 2. The van der Waals surface area contributed by atoms with E-state index in [1.165, 1.54) is 6.08 Å². The fourth-order valence-corrected chi connectivity index (χ4v) is 2.05. The lowest BCUT2D eigenvalue weighted by atomic mass is 10.2. The normalized spacial score (nSPS) is 10.9. The summed E-state index contributed by atoms with van der Waals surface area (Å²) >= 11 is 5.89. The second-order valence-corrected chi connectivity index (χ2v) is 5.51. The zero-order chi connectivity index (χ0) is 15.9. The van der Waals surface area contributed by atoms with Crippen LogP contribution in [0.4, 0.5) is 5.69 Å². The van der Waals surface area contributed by atoms with Gasteiger partial charge in [-0.15, -0.1) is 0 Å². The lowest BCUT2D eigenvalue weighted by Gasteiger charge is -2.10. The maximum absolute atomic E-state index is 11.9. The summed E-state index contributed by atoms with van der Waals surface area (Å²) in [7, 11) is 0. The number of hydrogen-bond donors (Lipinski definition) is 1. The van der Waals surface area contributed by atoms with Crippen LogP contribution in [-0.4, -0.2) is 12.0 Å². The standard InChI is InChI=1S/C18H18ClNO2/c1-13(2)22-17-9-7-16(8-10-17)20-18(21)11-6-14-4-3-5-15(19)12-14/h3-13H,1-2H3,(H,20,21)/b11-6+. The van der Waals surface area contributed by atoms with Crippen molar-refractivity contribution >= 4 is 29.3 Å². The molecule has 3 nitrogen and oxygen atoms in total. The van der Waals surface area contributed by atoms with E-state index in [1.807, 2.05) is 50.2 Å². The van der Waals surface area contributed by atoms with Gasteiger partial charge in [0.1, 0.15) is 5.75 Å². The highest BCUT2D eigenvalue weighted by atomic mass is 35.5. The second kappa shape index (κ2) is 7.66. The average molecular weight is 316 g/mol. The van der Waals surface area contributed by atoms with Crippen LogP contribution in [0.2, 0.25) is 5.02 Å². The minimum atomic E-state index is -0.197. The smallest absolute Gasteiger partial charge is 0.248 e. The second-order valence-electron chi connectivity index (χ2n) is 5.07. The van der Waals surface area contributed by atoms with Gasteiger partial charge in [0, 0.05) is 16.8 Å². The Kier molecular flexibility index (Phi) is 5.61. The van der Waals surface area contributed by atoms with Crippen LogP contribution in [0.3, 0.4) is 0 Å². The molecular formula is C18H18ClNO2. The molecule has 0 saturated heterocycles. The van der Waals surface area contributed by atoms with Gasteiger partial charge in [-0.25, -0.2) is 0 Å². The number of amides is 1. The zero-order valence-corrected chi connectivity index (χ0v) is 13.3. The molecule has 1 amide bonds. The van der Waals surface area contributed by atoms with Gasteiger partial charge in [-0.05, 0) is 61.9 Å². The Morgan fingerprint density at radius 2 is 1.91 bits per heavy atom. The summed E-state index contributed by atoms with van der Waals surface area (Å²) in [5.74, 6) is 0.583. The number of hydrogen-bond acceptors (Lipinski definition) is 2. The first kappa shape index (κ1) is 16.1. The van der Waals surface area contributed by atoms with E-state index in [2.05, 4.69) is 5.32 Å². The van der Waals surface area contributed by atoms with Crippen molar-refractivity contribution in [2.75, 3.05) is 5.32 Å². The van der Waals surface area contributed by atoms with E-state index in [9.17, 15) is 4.79 Å². The van der Waals surface area contributed by atoms with Gasteiger partial charge < -0.3 is 10.1 Å². The van der Waals surface area contributed by atoms with Gasteiger partial charge in [0.05, 0.1) is 6.10 Å². The van der Waals surface area contributed by atoms with Crippen LogP contribution >= 0.6 is 11.6 Å². The van der Waals surface area contributed by atoms with Crippen molar-refractivity contribution < 1.29 is 9.53 Å². The molecule has 0 atom stereocenters. The highest BCUT2D eigenvalue weighted by molar-refractivity contribution is 6.30. The van der Waals surface area contributed by atoms with Gasteiger partial charge >= 0.3 is 0 Å². The molecule has 4 heteroatoms. The summed E-state index contributed by atoms with van der Waals surface area (Å²) in [6, 6.07) is 14.6. The molecule has 114 valence electrons. The van der Waals surface area contributed by atoms with Crippen LogP contribution in [0.5, 0.6) is 5.75 Å². The first-order valence-electron chi connectivity index (χ1n) is 7.04. The number of halogens is 1. The molecule has 22 heavy (non-hydrogen) atoms. The van der Waals surface area contributed by atoms with E-state index in [4.69, 9.17) is 16.3 Å². The quantitative estimate of drug-likeness (QED) is 0.806. The maximum atomic E-state index is 11.9. The predicted octanol–water partition coefficient (Wildman–Crippen LogP) is 4.78. The lowest BCUT2D eigenvalue weighted by Crippen LogP contribution is -2.08. The summed E-state index contributed by atoms with van der Waals surface area (Å²) in [5.41, 5.74) is 1.60. The van der Waals surface area contributed by atoms with E-state index in [-0.39, 0.29) is 12.0 Å². The molecule has 0 radical (unpaired) electrons. The third-order valence-corrected chi connectivity index (χ3v) is 3.00. The van der Waals surface area contributed by atoms with E-state index in [1.54, 1.807) is 18.2 Å². The predicted molar refractivity (Wildman–Crippen MR) is 91.3 cm³/mol. The Bertz CT molecular complexity index is 663. The fraction of sp³-hybridized carbons (Fsp3) is 0.167. The molecule has 0 aliphatic rings. The van der Waals surface area contributed by atoms with E-state index >= 15 is 0 Å². The molecule has 1 N–H and O–H groups in total. The number of carbonyl (C=O) groups excluding carboxylic acids is 1. The molecule has 0 aliphatic carbocycles. The Hall–Kier alpha value is -2.26. The van der Waals surface area contributed by atoms with Crippen molar-refractivity contribution in [3.05, 3.63) is 65.2 Å². The molecule has 0 heterocycles. The van der Waals surface area contributed by atoms with Gasteiger partial charge in [-0.3, -0.25) is 4.79 Å².